The van der Waals surface area contributed by atoms with E-state index in [1.165, 1.54) is 17.7 Å². The van der Waals surface area contributed by atoms with E-state index < -0.39 is 10.0 Å². The van der Waals surface area contributed by atoms with Crippen LogP contribution in [-0.2, 0) is 16.4 Å². The summed E-state index contributed by atoms with van der Waals surface area (Å²) in [5, 5.41) is 6.65. The zero-order valence-electron chi connectivity index (χ0n) is 16.3. The van der Waals surface area contributed by atoms with E-state index in [0.717, 1.165) is 12.2 Å². The average Bonchev–Trinajstić information content (AvgIpc) is 2.70. The Kier molecular flexibility index (Phi) is 11.3. The summed E-state index contributed by atoms with van der Waals surface area (Å²) in [4.78, 5) is 4.27. The molecule has 0 amide bonds. The molecule has 2 aromatic rings. The number of nitrogens with zero attached hydrogens (tertiary/aromatic N) is 1. The van der Waals surface area contributed by atoms with E-state index in [4.69, 9.17) is 16.3 Å². The minimum absolute atomic E-state index is 0. The lowest BCUT2D eigenvalue weighted by Crippen LogP contribution is -2.42. The van der Waals surface area contributed by atoms with E-state index in [1.54, 1.807) is 26.3 Å². The zero-order valence-corrected chi connectivity index (χ0v) is 20.2. The Balaban J connectivity index is 0.00000420. The molecule has 0 unspecified atom stereocenters. The Morgan fingerprint density at radius 2 is 1.76 bits per heavy atom. The number of methoxy groups -OCH3 is 1. The van der Waals surface area contributed by atoms with Gasteiger partial charge in [-0.2, -0.15) is 0 Å². The van der Waals surface area contributed by atoms with Crippen LogP contribution in [0.3, 0.4) is 0 Å². The van der Waals surface area contributed by atoms with Gasteiger partial charge in [0, 0.05) is 31.7 Å². The van der Waals surface area contributed by atoms with Crippen LogP contribution in [-0.4, -0.2) is 48.2 Å². The molecule has 3 N–H and O–H groups in total. The largest absolute Gasteiger partial charge is 0.497 e. The molecule has 10 heteroatoms. The van der Waals surface area contributed by atoms with Crippen molar-refractivity contribution in [2.24, 2.45) is 4.99 Å². The fraction of sp³-hybridized carbons (Fsp3) is 0.316. The molecule has 0 radical (unpaired) electrons. The summed E-state index contributed by atoms with van der Waals surface area (Å²) in [6.45, 7) is 1.30. The van der Waals surface area contributed by atoms with Gasteiger partial charge in [-0.1, -0.05) is 29.8 Å². The maximum atomic E-state index is 12.2. The number of halogens is 2. The number of rotatable bonds is 9. The number of nitrogens with one attached hydrogen (secondary N) is 3. The Bertz CT molecular complexity index is 893. The summed E-state index contributed by atoms with van der Waals surface area (Å²) >= 11 is 5.85. The van der Waals surface area contributed by atoms with E-state index in [2.05, 4.69) is 20.3 Å². The van der Waals surface area contributed by atoms with Gasteiger partial charge < -0.3 is 15.4 Å². The highest BCUT2D eigenvalue weighted by Crippen LogP contribution is 2.15. The lowest BCUT2D eigenvalue weighted by molar-refractivity contribution is 0.414. The Labute approximate surface area is 194 Å². The first-order valence-corrected chi connectivity index (χ1v) is 10.6. The second kappa shape index (κ2) is 12.9. The van der Waals surface area contributed by atoms with Gasteiger partial charge in [0.05, 0.1) is 12.0 Å². The molecule has 2 rings (SSSR count). The second-order valence-corrected chi connectivity index (χ2v) is 8.08. The molecule has 0 aliphatic carbocycles. The van der Waals surface area contributed by atoms with Crippen molar-refractivity contribution in [1.82, 2.24) is 15.4 Å². The van der Waals surface area contributed by atoms with E-state index >= 15 is 0 Å². The van der Waals surface area contributed by atoms with Gasteiger partial charge in [0.15, 0.2) is 5.96 Å². The van der Waals surface area contributed by atoms with Crippen molar-refractivity contribution in [1.29, 1.82) is 0 Å². The van der Waals surface area contributed by atoms with E-state index in [0.29, 0.717) is 24.1 Å². The van der Waals surface area contributed by atoms with Gasteiger partial charge in [0.2, 0.25) is 10.0 Å². The highest BCUT2D eigenvalue weighted by molar-refractivity contribution is 14.0. The summed E-state index contributed by atoms with van der Waals surface area (Å²) in [7, 11) is -0.285. The lowest BCUT2D eigenvalue weighted by Gasteiger charge is -2.13. The molecule has 0 aromatic heterocycles. The number of guanidine groups is 1. The highest BCUT2D eigenvalue weighted by Gasteiger charge is 2.13. The normalized spacial score (nSPS) is 11.5. The van der Waals surface area contributed by atoms with Crippen molar-refractivity contribution in [3.8, 4) is 5.75 Å². The standard InChI is InChI=1S/C19H25ClN4O3S.HI/c1-21-19(22-11-10-15-6-8-17(27-2)9-7-15)23-12-13-24-28(25,26)18-5-3-4-16(20)14-18;/h3-9,14,24H,10-13H2,1-2H3,(H2,21,22,23);1H. The third-order valence-electron chi connectivity index (χ3n) is 3.90. The topological polar surface area (TPSA) is 91.8 Å². The third kappa shape index (κ3) is 8.77. The zero-order chi connectivity index (χ0) is 20.4. The molecule has 0 saturated carbocycles. The molecule has 0 saturated heterocycles. The van der Waals surface area contributed by atoms with Crippen molar-refractivity contribution >= 4 is 51.6 Å². The molecule has 7 nitrogen and oxygen atoms in total. The molecule has 0 atom stereocenters. The number of hydrogen-bond donors (Lipinski definition) is 3. The van der Waals surface area contributed by atoms with Crippen LogP contribution in [0, 0.1) is 0 Å². The quantitative estimate of drug-likeness (QED) is 0.193. The van der Waals surface area contributed by atoms with Gasteiger partial charge in [-0.25, -0.2) is 13.1 Å². The molecule has 0 spiro atoms. The fourth-order valence-electron chi connectivity index (χ4n) is 2.42. The van der Waals surface area contributed by atoms with Crippen LogP contribution in [0.4, 0.5) is 0 Å². The van der Waals surface area contributed by atoms with Gasteiger partial charge in [-0.15, -0.1) is 24.0 Å². The molecule has 29 heavy (non-hydrogen) atoms. The number of aliphatic imine (C=N–C) groups is 1. The van der Waals surface area contributed by atoms with Gasteiger partial charge in [0.25, 0.3) is 0 Å². The van der Waals surface area contributed by atoms with E-state index in [-0.39, 0.29) is 35.4 Å². The van der Waals surface area contributed by atoms with Crippen LogP contribution in [0.2, 0.25) is 5.02 Å². The second-order valence-electron chi connectivity index (χ2n) is 5.88. The predicted molar refractivity (Wildman–Crippen MR) is 128 cm³/mol. The summed E-state index contributed by atoms with van der Waals surface area (Å²) < 4.78 is 32.1. The van der Waals surface area contributed by atoms with Crippen molar-refractivity contribution in [3.63, 3.8) is 0 Å². The number of ether oxygens (including phenoxy) is 1. The first-order valence-electron chi connectivity index (χ1n) is 8.77. The monoisotopic (exact) mass is 552 g/mol. The van der Waals surface area contributed by atoms with Crippen molar-refractivity contribution in [2.75, 3.05) is 33.8 Å². The van der Waals surface area contributed by atoms with Crippen molar-refractivity contribution in [3.05, 3.63) is 59.1 Å². The summed E-state index contributed by atoms with van der Waals surface area (Å²) in [5.41, 5.74) is 1.18. The molecular weight excluding hydrogens is 527 g/mol. The van der Waals surface area contributed by atoms with Crippen molar-refractivity contribution in [2.45, 2.75) is 11.3 Å². The molecule has 0 bridgehead atoms. The summed E-state index contributed by atoms with van der Waals surface area (Å²) in [5.74, 6) is 1.44. The Hall–Kier alpha value is -1.56. The molecule has 2 aromatic carbocycles. The van der Waals surface area contributed by atoms with Gasteiger partial charge >= 0.3 is 0 Å². The molecular formula is C19H26ClIN4O3S. The highest BCUT2D eigenvalue weighted by atomic mass is 127. The Morgan fingerprint density at radius 1 is 1.07 bits per heavy atom. The van der Waals surface area contributed by atoms with Gasteiger partial charge in [-0.3, -0.25) is 4.99 Å². The molecule has 0 aliphatic rings. The minimum Gasteiger partial charge on any atom is -0.497 e. The van der Waals surface area contributed by atoms with Crippen molar-refractivity contribution < 1.29 is 13.2 Å². The van der Waals surface area contributed by atoms with Crippen LogP contribution in [0.1, 0.15) is 5.56 Å². The number of sulfonamides is 1. The smallest absolute Gasteiger partial charge is 0.240 e. The lowest BCUT2D eigenvalue weighted by atomic mass is 10.1. The van der Waals surface area contributed by atoms with Gasteiger partial charge in [0.1, 0.15) is 5.75 Å². The van der Waals surface area contributed by atoms with Crippen LogP contribution >= 0.6 is 35.6 Å². The fourth-order valence-corrected chi connectivity index (χ4v) is 3.75. The van der Waals surface area contributed by atoms with Crippen LogP contribution in [0.15, 0.2) is 58.4 Å². The summed E-state index contributed by atoms with van der Waals surface area (Å²) in [6.07, 6.45) is 0.825. The van der Waals surface area contributed by atoms with Crippen LogP contribution < -0.4 is 20.1 Å². The summed E-state index contributed by atoms with van der Waals surface area (Å²) in [6, 6.07) is 14.0. The van der Waals surface area contributed by atoms with Gasteiger partial charge in [-0.05, 0) is 42.3 Å². The first-order chi connectivity index (χ1) is 13.4. The molecule has 0 fully saturated rings. The third-order valence-corrected chi connectivity index (χ3v) is 5.60. The maximum absolute atomic E-state index is 12.2. The van der Waals surface area contributed by atoms with Crippen LogP contribution in [0.5, 0.6) is 5.75 Å². The molecule has 0 heterocycles. The van der Waals surface area contributed by atoms with E-state index in [1.807, 2.05) is 24.3 Å². The van der Waals surface area contributed by atoms with E-state index in [9.17, 15) is 8.42 Å². The minimum atomic E-state index is -3.59. The number of hydrogen-bond acceptors (Lipinski definition) is 4. The maximum Gasteiger partial charge on any atom is 0.240 e. The van der Waals surface area contributed by atoms with Crippen LogP contribution in [0.25, 0.3) is 0 Å². The molecule has 160 valence electrons. The molecule has 0 aliphatic heterocycles. The number of benzene rings is 2. The Morgan fingerprint density at radius 3 is 2.38 bits per heavy atom. The predicted octanol–water partition coefficient (Wildman–Crippen LogP) is 2.65. The average molecular weight is 553 g/mol. The SMILES string of the molecule is CN=C(NCCNS(=O)(=O)c1cccc(Cl)c1)NCCc1ccc(OC)cc1.I. The first kappa shape index (κ1) is 25.5.